The van der Waals surface area contributed by atoms with Gasteiger partial charge < -0.3 is 0 Å². The summed E-state index contributed by atoms with van der Waals surface area (Å²) in [5.74, 6) is -1.10. The molecule has 2 amide bonds. The van der Waals surface area contributed by atoms with Crippen molar-refractivity contribution in [3.05, 3.63) is 78.5 Å². The van der Waals surface area contributed by atoms with Crippen molar-refractivity contribution >= 4 is 21.8 Å². The van der Waals surface area contributed by atoms with Gasteiger partial charge in [0, 0.05) is 11.8 Å². The highest BCUT2D eigenvalue weighted by Crippen LogP contribution is 2.16. The summed E-state index contributed by atoms with van der Waals surface area (Å²) in [4.78, 5) is 26.1. The molecule has 6 nitrogen and oxygen atoms in total. The van der Waals surface area contributed by atoms with Gasteiger partial charge >= 0.3 is 0 Å². The van der Waals surface area contributed by atoms with E-state index in [0.29, 0.717) is 5.56 Å². The molecule has 0 bridgehead atoms. The zero-order valence-electron chi connectivity index (χ0n) is 13.2. The molecule has 1 heterocycles. The van der Waals surface area contributed by atoms with Gasteiger partial charge in [-0.3, -0.25) is 14.5 Å². The Morgan fingerprint density at radius 1 is 1.00 bits per heavy atom. The quantitative estimate of drug-likeness (QED) is 0.849. The van der Waals surface area contributed by atoms with Crippen LogP contribution in [0.15, 0.2) is 77.8 Å². The second-order valence-electron chi connectivity index (χ2n) is 5.49. The van der Waals surface area contributed by atoms with E-state index in [-0.39, 0.29) is 11.3 Å². The number of nitrogens with zero attached hydrogens (tertiary/aromatic N) is 1. The highest BCUT2D eigenvalue weighted by atomic mass is 32.2. The van der Waals surface area contributed by atoms with Gasteiger partial charge in [0.1, 0.15) is 6.04 Å². The maximum Gasteiger partial charge on any atom is 0.264 e. The predicted molar refractivity (Wildman–Crippen MR) is 91.9 cm³/mol. The van der Waals surface area contributed by atoms with Crippen LogP contribution in [0.4, 0.5) is 0 Å². The zero-order chi connectivity index (χ0) is 17.9. The summed E-state index contributed by atoms with van der Waals surface area (Å²) in [7, 11) is -3.85. The van der Waals surface area contributed by atoms with Crippen LogP contribution in [-0.4, -0.2) is 31.2 Å². The van der Waals surface area contributed by atoms with E-state index in [2.05, 4.69) is 4.72 Å². The largest absolute Gasteiger partial charge is 0.272 e. The van der Waals surface area contributed by atoms with Crippen molar-refractivity contribution in [2.75, 3.05) is 0 Å². The van der Waals surface area contributed by atoms with Gasteiger partial charge in [-0.2, -0.15) is 4.72 Å². The van der Waals surface area contributed by atoms with Gasteiger partial charge in [0.05, 0.1) is 4.90 Å². The van der Waals surface area contributed by atoms with E-state index in [1.165, 1.54) is 18.3 Å². The number of rotatable bonds is 4. The van der Waals surface area contributed by atoms with Crippen molar-refractivity contribution in [3.8, 4) is 0 Å². The van der Waals surface area contributed by atoms with Crippen LogP contribution in [0, 0.1) is 0 Å². The third-order valence-corrected chi connectivity index (χ3v) is 5.24. The molecule has 25 heavy (non-hydrogen) atoms. The highest BCUT2D eigenvalue weighted by Gasteiger charge is 2.33. The lowest BCUT2D eigenvalue weighted by atomic mass is 10.1. The Kier molecular flexibility index (Phi) is 4.78. The molecule has 7 heteroatoms. The SMILES string of the molecule is O=C(c1ccccc1)N1C=CCC(NS(=O)(=O)c2ccccc2)C1=O. The summed E-state index contributed by atoms with van der Waals surface area (Å²) in [6, 6.07) is 15.1. The van der Waals surface area contributed by atoms with Crippen molar-refractivity contribution < 1.29 is 18.0 Å². The molecule has 1 N–H and O–H groups in total. The molecule has 0 aromatic heterocycles. The fourth-order valence-corrected chi connectivity index (χ4v) is 3.71. The number of benzene rings is 2. The van der Waals surface area contributed by atoms with Crippen LogP contribution in [-0.2, 0) is 14.8 Å². The smallest absolute Gasteiger partial charge is 0.264 e. The molecule has 0 saturated carbocycles. The van der Waals surface area contributed by atoms with E-state index >= 15 is 0 Å². The van der Waals surface area contributed by atoms with Crippen LogP contribution in [0.25, 0.3) is 0 Å². The molecule has 1 aliphatic heterocycles. The fraction of sp³-hybridized carbons (Fsp3) is 0.111. The molecule has 0 spiro atoms. The average Bonchev–Trinajstić information content (AvgIpc) is 2.64. The lowest BCUT2D eigenvalue weighted by Crippen LogP contribution is -2.50. The van der Waals surface area contributed by atoms with Gasteiger partial charge in [0.25, 0.3) is 11.8 Å². The van der Waals surface area contributed by atoms with Crippen molar-refractivity contribution in [3.63, 3.8) is 0 Å². The predicted octanol–water partition coefficient (Wildman–Crippen LogP) is 1.92. The van der Waals surface area contributed by atoms with Crippen LogP contribution in [0.3, 0.4) is 0 Å². The van der Waals surface area contributed by atoms with Gasteiger partial charge in [0.2, 0.25) is 10.0 Å². The minimum Gasteiger partial charge on any atom is -0.272 e. The zero-order valence-corrected chi connectivity index (χ0v) is 14.0. The standard InChI is InChI=1S/C18H16N2O4S/c21-17(14-8-3-1-4-9-14)20-13-7-12-16(18(20)22)19-25(23,24)15-10-5-2-6-11-15/h1-11,13,16,19H,12H2. The van der Waals surface area contributed by atoms with E-state index in [4.69, 9.17) is 0 Å². The van der Waals surface area contributed by atoms with E-state index in [1.807, 2.05) is 0 Å². The van der Waals surface area contributed by atoms with E-state index < -0.39 is 27.9 Å². The molecule has 1 atom stereocenters. The van der Waals surface area contributed by atoms with Crippen molar-refractivity contribution in [2.24, 2.45) is 0 Å². The lowest BCUT2D eigenvalue weighted by molar-refractivity contribution is -0.128. The van der Waals surface area contributed by atoms with Crippen molar-refractivity contribution in [1.29, 1.82) is 0 Å². The number of imide groups is 1. The number of nitrogens with one attached hydrogen (secondary N) is 1. The van der Waals surface area contributed by atoms with Gasteiger partial charge in [-0.15, -0.1) is 0 Å². The molecule has 0 aliphatic carbocycles. The summed E-state index contributed by atoms with van der Waals surface area (Å²) >= 11 is 0. The Morgan fingerprint density at radius 2 is 1.60 bits per heavy atom. The Balaban J connectivity index is 1.80. The van der Waals surface area contributed by atoms with Gasteiger partial charge in [0.15, 0.2) is 0 Å². The molecular weight excluding hydrogens is 340 g/mol. The first-order valence-electron chi connectivity index (χ1n) is 7.65. The van der Waals surface area contributed by atoms with Gasteiger partial charge in [-0.1, -0.05) is 42.5 Å². The first-order valence-corrected chi connectivity index (χ1v) is 9.14. The Labute approximate surface area is 145 Å². The topological polar surface area (TPSA) is 83.6 Å². The van der Waals surface area contributed by atoms with E-state index in [1.54, 1.807) is 54.6 Å². The number of sulfonamides is 1. The maximum absolute atomic E-state index is 12.6. The van der Waals surface area contributed by atoms with Crippen molar-refractivity contribution in [2.45, 2.75) is 17.4 Å². The fourth-order valence-electron chi connectivity index (χ4n) is 2.49. The van der Waals surface area contributed by atoms with Crippen LogP contribution in [0.1, 0.15) is 16.8 Å². The van der Waals surface area contributed by atoms with Gasteiger partial charge in [-0.05, 0) is 30.7 Å². The Bertz CT molecular complexity index is 909. The molecule has 128 valence electrons. The van der Waals surface area contributed by atoms with Crippen LogP contribution < -0.4 is 4.72 Å². The first kappa shape index (κ1) is 17.1. The summed E-state index contributed by atoms with van der Waals surface area (Å²) in [5.41, 5.74) is 0.354. The summed E-state index contributed by atoms with van der Waals surface area (Å²) in [6.07, 6.45) is 3.16. The maximum atomic E-state index is 12.6. The average molecular weight is 356 g/mol. The van der Waals surface area contributed by atoms with Crippen LogP contribution in [0.5, 0.6) is 0 Å². The molecule has 1 unspecified atom stereocenters. The van der Waals surface area contributed by atoms with Crippen molar-refractivity contribution in [1.82, 2.24) is 9.62 Å². The highest BCUT2D eigenvalue weighted by molar-refractivity contribution is 7.89. The second kappa shape index (κ2) is 7.00. The van der Waals surface area contributed by atoms with Crippen LogP contribution >= 0.6 is 0 Å². The Hall–Kier alpha value is -2.77. The molecule has 1 aliphatic rings. The molecule has 0 fully saturated rings. The summed E-state index contributed by atoms with van der Waals surface area (Å²) in [5, 5.41) is 0. The second-order valence-corrected chi connectivity index (χ2v) is 7.20. The molecule has 0 saturated heterocycles. The number of hydrogen-bond donors (Lipinski definition) is 1. The molecule has 3 rings (SSSR count). The normalized spacial score (nSPS) is 17.5. The summed E-state index contributed by atoms with van der Waals surface area (Å²) in [6.45, 7) is 0. The minimum atomic E-state index is -3.85. The number of carbonyl (C=O) groups excluding carboxylic acids is 2. The van der Waals surface area contributed by atoms with Crippen LogP contribution in [0.2, 0.25) is 0 Å². The number of amides is 2. The molecular formula is C18H16N2O4S. The first-order chi connectivity index (χ1) is 12.0. The van der Waals surface area contributed by atoms with Gasteiger partial charge in [-0.25, -0.2) is 8.42 Å². The van der Waals surface area contributed by atoms with E-state index in [0.717, 1.165) is 4.90 Å². The Morgan fingerprint density at radius 3 is 2.24 bits per heavy atom. The molecule has 2 aromatic carbocycles. The lowest BCUT2D eigenvalue weighted by Gasteiger charge is -2.26. The molecule has 0 radical (unpaired) electrons. The van der Waals surface area contributed by atoms with E-state index in [9.17, 15) is 18.0 Å². The minimum absolute atomic E-state index is 0.0679. The number of hydrogen-bond acceptors (Lipinski definition) is 4. The number of carbonyl (C=O) groups is 2. The summed E-state index contributed by atoms with van der Waals surface area (Å²) < 4.78 is 27.2. The monoisotopic (exact) mass is 356 g/mol. The third-order valence-electron chi connectivity index (χ3n) is 3.75. The molecule has 2 aromatic rings. The third kappa shape index (κ3) is 3.67.